The number of aryl methyl sites for hydroxylation is 2. The van der Waals surface area contributed by atoms with E-state index in [1.54, 1.807) is 0 Å². The van der Waals surface area contributed by atoms with Gasteiger partial charge in [0.15, 0.2) is 0 Å². The van der Waals surface area contributed by atoms with E-state index in [-0.39, 0.29) is 18.0 Å². The highest BCUT2D eigenvalue weighted by molar-refractivity contribution is 5.95. The maximum atomic E-state index is 12.9. The first kappa shape index (κ1) is 19.5. The van der Waals surface area contributed by atoms with Crippen LogP contribution < -0.4 is 11.1 Å². The summed E-state index contributed by atoms with van der Waals surface area (Å²) in [5.41, 5.74) is 14.5. The summed E-state index contributed by atoms with van der Waals surface area (Å²) in [5, 5.41) is 3.05. The molecular weight excluding hydrogens is 384 g/mol. The smallest absolute Gasteiger partial charge is 0.251 e. The summed E-state index contributed by atoms with van der Waals surface area (Å²) >= 11 is 0. The van der Waals surface area contributed by atoms with Crippen molar-refractivity contribution >= 4 is 17.3 Å². The molecule has 5 heteroatoms. The van der Waals surface area contributed by atoms with Crippen LogP contribution in [0.1, 0.15) is 56.0 Å². The number of nitrogens with zero attached hydrogens (tertiary/aromatic N) is 2. The summed E-state index contributed by atoms with van der Waals surface area (Å²) in [7, 11) is 2.15. The van der Waals surface area contributed by atoms with Crippen molar-refractivity contribution in [3.05, 3.63) is 99.7 Å². The molecule has 31 heavy (non-hydrogen) atoms. The third kappa shape index (κ3) is 3.22. The molecule has 2 aromatic carbocycles. The zero-order chi connectivity index (χ0) is 21.7. The monoisotopic (exact) mass is 410 g/mol. The average Bonchev–Trinajstić information content (AvgIpc) is 3.23. The van der Waals surface area contributed by atoms with Crippen molar-refractivity contribution in [1.82, 2.24) is 15.2 Å². The molecule has 5 rings (SSSR count). The number of benzene rings is 2. The lowest BCUT2D eigenvalue weighted by Gasteiger charge is -2.19. The molecule has 0 saturated heterocycles. The highest BCUT2D eigenvalue weighted by Gasteiger charge is 2.43. The van der Waals surface area contributed by atoms with Gasteiger partial charge in [-0.2, -0.15) is 0 Å². The first-order valence-corrected chi connectivity index (χ1v) is 10.6. The highest BCUT2D eigenvalue weighted by atomic mass is 16.1. The van der Waals surface area contributed by atoms with Crippen LogP contribution in [0.3, 0.4) is 0 Å². The summed E-state index contributed by atoms with van der Waals surface area (Å²) in [5.74, 6) is 0.432. The van der Waals surface area contributed by atoms with Crippen LogP contribution in [0, 0.1) is 13.8 Å². The van der Waals surface area contributed by atoms with E-state index in [0.717, 1.165) is 16.8 Å². The first-order valence-electron chi connectivity index (χ1n) is 10.6. The normalized spacial score (nSPS) is 19.3. The molecule has 3 aromatic rings. The molecule has 0 fully saturated rings. The minimum absolute atomic E-state index is 0.0730. The standard InChI is InChI=1S/C26H26N4O/c1-15-11-24(27)29-16(2)22(15)14-28-26(31)18-9-10-19-21(12-18)23-13-20(25(19)30(23)3)17-7-5-4-6-8-17/h4-13,23,25H,14H2,1-3H3,(H2,27,29)(H,28,31). The fourth-order valence-electron chi connectivity index (χ4n) is 4.99. The molecule has 2 bridgehead atoms. The van der Waals surface area contributed by atoms with Gasteiger partial charge in [-0.15, -0.1) is 0 Å². The molecule has 3 N–H and O–H groups in total. The van der Waals surface area contributed by atoms with Crippen molar-refractivity contribution in [2.45, 2.75) is 32.5 Å². The Morgan fingerprint density at radius 3 is 2.61 bits per heavy atom. The summed E-state index contributed by atoms with van der Waals surface area (Å²) in [6.45, 7) is 4.35. The molecule has 0 aliphatic carbocycles. The third-order valence-electron chi connectivity index (χ3n) is 6.55. The van der Waals surface area contributed by atoms with Gasteiger partial charge < -0.3 is 11.1 Å². The number of aromatic nitrogens is 1. The second kappa shape index (κ2) is 7.36. The zero-order valence-electron chi connectivity index (χ0n) is 18.0. The number of anilines is 1. The Hall–Kier alpha value is -3.44. The van der Waals surface area contributed by atoms with E-state index in [0.29, 0.717) is 17.9 Å². The van der Waals surface area contributed by atoms with Crippen LogP contribution in [0.5, 0.6) is 0 Å². The number of carbonyl (C=O) groups excluding carboxylic acids is 1. The van der Waals surface area contributed by atoms with E-state index in [9.17, 15) is 4.79 Å². The van der Waals surface area contributed by atoms with Crippen molar-refractivity contribution < 1.29 is 4.79 Å². The van der Waals surface area contributed by atoms with Gasteiger partial charge in [-0.25, -0.2) is 4.98 Å². The molecular formula is C26H26N4O. The maximum Gasteiger partial charge on any atom is 0.251 e. The van der Waals surface area contributed by atoms with Gasteiger partial charge in [-0.3, -0.25) is 9.69 Å². The average molecular weight is 411 g/mol. The Morgan fingerprint density at radius 1 is 1.10 bits per heavy atom. The number of nitrogens with two attached hydrogens (primary N) is 1. The van der Waals surface area contributed by atoms with Crippen molar-refractivity contribution in [2.24, 2.45) is 0 Å². The number of pyridine rings is 1. The lowest BCUT2D eigenvalue weighted by molar-refractivity contribution is 0.0950. The number of rotatable bonds is 4. The van der Waals surface area contributed by atoms with Crippen molar-refractivity contribution in [1.29, 1.82) is 0 Å². The van der Waals surface area contributed by atoms with Gasteiger partial charge in [0.25, 0.3) is 5.91 Å². The topological polar surface area (TPSA) is 71.2 Å². The summed E-state index contributed by atoms with van der Waals surface area (Å²) in [6.07, 6.45) is 2.33. The number of nitrogens with one attached hydrogen (secondary N) is 1. The Labute approximate surface area is 182 Å². The largest absolute Gasteiger partial charge is 0.384 e. The van der Waals surface area contributed by atoms with Gasteiger partial charge in [-0.1, -0.05) is 42.5 Å². The Morgan fingerprint density at radius 2 is 1.87 bits per heavy atom. The molecule has 3 heterocycles. The summed E-state index contributed by atoms with van der Waals surface area (Å²) in [4.78, 5) is 19.6. The number of nitrogen functional groups attached to an aromatic ring is 1. The first-order chi connectivity index (χ1) is 14.9. The maximum absolute atomic E-state index is 12.9. The summed E-state index contributed by atoms with van der Waals surface area (Å²) in [6, 6.07) is 18.9. The second-order valence-corrected chi connectivity index (χ2v) is 8.46. The minimum atomic E-state index is -0.0730. The predicted octanol–water partition coefficient (Wildman–Crippen LogP) is 4.34. The van der Waals surface area contributed by atoms with Gasteiger partial charge in [0.2, 0.25) is 0 Å². The van der Waals surface area contributed by atoms with E-state index >= 15 is 0 Å². The lowest BCUT2D eigenvalue weighted by atomic mass is 9.87. The fraction of sp³-hybridized carbons (Fsp3) is 0.231. The van der Waals surface area contributed by atoms with Crippen LogP contribution in [0.15, 0.2) is 60.7 Å². The molecule has 0 saturated carbocycles. The molecule has 2 unspecified atom stereocenters. The van der Waals surface area contributed by atoms with E-state index in [4.69, 9.17) is 5.73 Å². The van der Waals surface area contributed by atoms with Gasteiger partial charge in [0, 0.05) is 17.8 Å². The van der Waals surface area contributed by atoms with Crippen LogP contribution in [0.2, 0.25) is 0 Å². The second-order valence-electron chi connectivity index (χ2n) is 8.46. The van der Waals surface area contributed by atoms with E-state index in [2.05, 4.69) is 58.7 Å². The molecule has 0 radical (unpaired) electrons. The zero-order valence-corrected chi connectivity index (χ0v) is 18.0. The number of hydrogen-bond donors (Lipinski definition) is 2. The molecule has 0 spiro atoms. The molecule has 1 amide bonds. The quantitative estimate of drug-likeness (QED) is 0.671. The molecule has 2 atom stereocenters. The number of hydrogen-bond acceptors (Lipinski definition) is 4. The number of likely N-dealkylation sites (N-methyl/N-ethyl adjacent to an activating group) is 1. The van der Waals surface area contributed by atoms with Crippen LogP contribution in [-0.4, -0.2) is 22.8 Å². The number of fused-ring (bicyclic) bond motifs is 5. The lowest BCUT2D eigenvalue weighted by Crippen LogP contribution is -2.24. The third-order valence-corrected chi connectivity index (χ3v) is 6.55. The fourth-order valence-corrected chi connectivity index (χ4v) is 4.99. The van der Waals surface area contributed by atoms with Gasteiger partial charge in [-0.05, 0) is 72.5 Å². The van der Waals surface area contributed by atoms with E-state index in [1.165, 1.54) is 22.3 Å². The molecule has 5 nitrogen and oxygen atoms in total. The van der Waals surface area contributed by atoms with Crippen molar-refractivity contribution in [3.8, 4) is 0 Å². The Balaban J connectivity index is 1.37. The van der Waals surface area contributed by atoms with E-state index in [1.807, 2.05) is 38.1 Å². The van der Waals surface area contributed by atoms with Gasteiger partial charge in [0.1, 0.15) is 5.82 Å². The minimum Gasteiger partial charge on any atom is -0.384 e. The van der Waals surface area contributed by atoms with Crippen LogP contribution in [-0.2, 0) is 6.54 Å². The molecule has 156 valence electrons. The predicted molar refractivity (Wildman–Crippen MR) is 123 cm³/mol. The summed E-state index contributed by atoms with van der Waals surface area (Å²) < 4.78 is 0. The van der Waals surface area contributed by atoms with Crippen LogP contribution in [0.4, 0.5) is 5.82 Å². The van der Waals surface area contributed by atoms with E-state index < -0.39 is 0 Å². The van der Waals surface area contributed by atoms with Gasteiger partial charge >= 0.3 is 0 Å². The molecule has 2 aliphatic rings. The SMILES string of the molecule is Cc1cc(N)nc(C)c1CNC(=O)c1ccc2c(c1)C1C=C(c3ccccc3)C2N1C. The molecule has 2 aliphatic heterocycles. The number of amides is 1. The van der Waals surface area contributed by atoms with Crippen molar-refractivity contribution in [3.63, 3.8) is 0 Å². The molecule has 1 aromatic heterocycles. The Kier molecular flexibility index (Phi) is 4.63. The van der Waals surface area contributed by atoms with Crippen LogP contribution in [0.25, 0.3) is 5.57 Å². The van der Waals surface area contributed by atoms with Crippen LogP contribution >= 0.6 is 0 Å². The van der Waals surface area contributed by atoms with Gasteiger partial charge in [0.05, 0.1) is 12.1 Å². The van der Waals surface area contributed by atoms with Crippen molar-refractivity contribution in [2.75, 3.05) is 12.8 Å². The Bertz CT molecular complexity index is 1190. The number of carbonyl (C=O) groups is 1. The highest BCUT2D eigenvalue weighted by Crippen LogP contribution is 2.54.